The molecule has 7 heteroatoms. The maximum Gasteiger partial charge on any atom is 0.234 e. The van der Waals surface area contributed by atoms with Gasteiger partial charge in [0.1, 0.15) is 0 Å². The van der Waals surface area contributed by atoms with E-state index in [0.717, 1.165) is 29.9 Å². The molecule has 0 unspecified atom stereocenters. The Labute approximate surface area is 152 Å². The molecule has 134 valence electrons. The van der Waals surface area contributed by atoms with Crippen LogP contribution in [0.15, 0.2) is 23.4 Å². The zero-order valence-corrected chi connectivity index (χ0v) is 15.6. The zero-order chi connectivity index (χ0) is 17.8. The van der Waals surface area contributed by atoms with Crippen molar-refractivity contribution in [1.82, 2.24) is 14.9 Å². The second-order valence-corrected chi connectivity index (χ2v) is 7.62. The lowest BCUT2D eigenvalue weighted by Crippen LogP contribution is -2.19. The summed E-state index contributed by atoms with van der Waals surface area (Å²) in [4.78, 5) is 12.2. The van der Waals surface area contributed by atoms with Gasteiger partial charge in [0.2, 0.25) is 11.1 Å². The molecular weight excluding hydrogens is 334 g/mol. The smallest absolute Gasteiger partial charge is 0.234 e. The van der Waals surface area contributed by atoms with Gasteiger partial charge in [-0.1, -0.05) is 37.1 Å². The van der Waals surface area contributed by atoms with Crippen molar-refractivity contribution >= 4 is 23.4 Å². The number of thioether (sulfide) groups is 1. The summed E-state index contributed by atoms with van der Waals surface area (Å²) in [5, 5.41) is 11.9. The Morgan fingerprint density at radius 2 is 2.00 bits per heavy atom. The number of benzene rings is 1. The van der Waals surface area contributed by atoms with E-state index in [1.165, 1.54) is 36.6 Å². The lowest BCUT2D eigenvalue weighted by Gasteiger charge is -2.20. The first-order chi connectivity index (χ1) is 12.0. The van der Waals surface area contributed by atoms with Gasteiger partial charge in [-0.25, -0.2) is 4.68 Å². The van der Waals surface area contributed by atoms with Crippen LogP contribution in [0.4, 0.5) is 5.69 Å². The molecule has 1 aliphatic carbocycles. The van der Waals surface area contributed by atoms with Gasteiger partial charge in [-0.2, -0.15) is 0 Å². The number of aryl methyl sites for hydroxylation is 2. The number of aromatic nitrogens is 3. The second kappa shape index (κ2) is 7.91. The predicted molar refractivity (Wildman–Crippen MR) is 101 cm³/mol. The van der Waals surface area contributed by atoms with Crippen LogP contribution < -0.4 is 11.2 Å². The highest BCUT2D eigenvalue weighted by molar-refractivity contribution is 7.99. The number of anilines is 1. The van der Waals surface area contributed by atoms with E-state index < -0.39 is 0 Å². The van der Waals surface area contributed by atoms with Gasteiger partial charge in [-0.15, -0.1) is 10.2 Å². The average Bonchev–Trinajstić information content (AvgIpc) is 2.98. The quantitative estimate of drug-likeness (QED) is 0.631. The van der Waals surface area contributed by atoms with Crippen LogP contribution in [0, 0.1) is 13.8 Å². The number of nitrogens with zero attached hydrogens (tertiary/aromatic N) is 3. The number of nitrogens with two attached hydrogens (primary N) is 1. The molecule has 0 aliphatic heterocycles. The Balaban J connectivity index is 1.56. The monoisotopic (exact) mass is 359 g/mol. The number of hydrogen-bond acceptors (Lipinski definition) is 5. The summed E-state index contributed by atoms with van der Waals surface area (Å²) in [6.07, 6.45) is 5.97. The summed E-state index contributed by atoms with van der Waals surface area (Å²) in [5.41, 5.74) is 3.17. The van der Waals surface area contributed by atoms with Crippen LogP contribution in [0.25, 0.3) is 0 Å². The molecule has 0 atom stereocenters. The van der Waals surface area contributed by atoms with Crippen LogP contribution in [0.3, 0.4) is 0 Å². The number of carbonyl (C=O) groups is 1. The van der Waals surface area contributed by atoms with Gasteiger partial charge < -0.3 is 11.2 Å². The number of nitrogen functional groups attached to an aromatic ring is 1. The molecule has 1 aromatic carbocycles. The normalized spacial score (nSPS) is 15.3. The fourth-order valence-electron chi connectivity index (χ4n) is 3.17. The molecule has 1 aliphatic rings. The van der Waals surface area contributed by atoms with E-state index in [-0.39, 0.29) is 11.7 Å². The molecule has 0 bridgehead atoms. The van der Waals surface area contributed by atoms with E-state index in [1.807, 2.05) is 25.1 Å². The van der Waals surface area contributed by atoms with Crippen molar-refractivity contribution in [2.75, 3.05) is 16.9 Å². The number of carbonyl (C=O) groups excluding carboxylic acids is 1. The third kappa shape index (κ3) is 4.34. The van der Waals surface area contributed by atoms with Crippen LogP contribution in [0.1, 0.15) is 55.0 Å². The van der Waals surface area contributed by atoms with Gasteiger partial charge >= 0.3 is 0 Å². The van der Waals surface area contributed by atoms with Gasteiger partial charge in [0.05, 0.1) is 5.75 Å². The molecule has 1 amide bonds. The van der Waals surface area contributed by atoms with Gasteiger partial charge in [-0.3, -0.25) is 4.79 Å². The van der Waals surface area contributed by atoms with Gasteiger partial charge in [0.15, 0.2) is 5.82 Å². The molecule has 1 heterocycles. The molecule has 2 aromatic rings. The Hall–Kier alpha value is -2.02. The van der Waals surface area contributed by atoms with Crippen LogP contribution in [-0.4, -0.2) is 26.5 Å². The molecule has 1 saturated carbocycles. The summed E-state index contributed by atoms with van der Waals surface area (Å²) in [6, 6.07) is 5.90. The van der Waals surface area contributed by atoms with Crippen LogP contribution >= 0.6 is 11.8 Å². The van der Waals surface area contributed by atoms with E-state index >= 15 is 0 Å². The molecule has 1 fully saturated rings. The SMILES string of the molecule is Cc1ccc(NC(=O)CSc2nnc(C3CCCCC3)n2N)cc1C. The molecule has 3 rings (SSSR count). The number of nitrogens with one attached hydrogen (secondary N) is 1. The largest absolute Gasteiger partial charge is 0.336 e. The van der Waals surface area contributed by atoms with E-state index in [9.17, 15) is 4.79 Å². The second-order valence-electron chi connectivity index (χ2n) is 6.68. The Kier molecular flexibility index (Phi) is 5.63. The highest BCUT2D eigenvalue weighted by atomic mass is 32.2. The Bertz CT molecular complexity index is 752. The van der Waals surface area contributed by atoms with Gasteiger partial charge in [0, 0.05) is 11.6 Å². The molecule has 25 heavy (non-hydrogen) atoms. The fourth-order valence-corrected chi connectivity index (χ4v) is 3.84. The van der Waals surface area contributed by atoms with E-state index in [4.69, 9.17) is 5.84 Å². The first kappa shape index (κ1) is 17.8. The first-order valence-electron chi connectivity index (χ1n) is 8.75. The summed E-state index contributed by atoms with van der Waals surface area (Å²) in [5.74, 6) is 7.57. The fraction of sp³-hybridized carbons (Fsp3) is 0.500. The first-order valence-corrected chi connectivity index (χ1v) is 9.73. The molecule has 0 spiro atoms. The Morgan fingerprint density at radius 1 is 1.24 bits per heavy atom. The van der Waals surface area contributed by atoms with E-state index in [1.54, 1.807) is 4.68 Å². The highest BCUT2D eigenvalue weighted by Crippen LogP contribution is 2.32. The lowest BCUT2D eigenvalue weighted by atomic mass is 9.89. The van der Waals surface area contributed by atoms with Crippen LogP contribution in [0.5, 0.6) is 0 Å². The molecule has 6 nitrogen and oxygen atoms in total. The van der Waals surface area contributed by atoms with Gasteiger partial charge in [0.25, 0.3) is 0 Å². The van der Waals surface area contributed by atoms with Crippen molar-refractivity contribution in [3.05, 3.63) is 35.2 Å². The number of hydrogen-bond donors (Lipinski definition) is 2. The van der Waals surface area contributed by atoms with Crippen LogP contribution in [-0.2, 0) is 4.79 Å². The summed E-state index contributed by atoms with van der Waals surface area (Å²) in [7, 11) is 0. The molecule has 3 N–H and O–H groups in total. The maximum absolute atomic E-state index is 12.2. The third-order valence-corrected chi connectivity index (χ3v) is 5.73. The third-order valence-electron chi connectivity index (χ3n) is 4.78. The summed E-state index contributed by atoms with van der Waals surface area (Å²) in [6.45, 7) is 4.08. The number of amides is 1. The van der Waals surface area contributed by atoms with Crippen molar-refractivity contribution in [3.8, 4) is 0 Å². The van der Waals surface area contributed by atoms with Crippen molar-refractivity contribution in [2.24, 2.45) is 0 Å². The standard InChI is InChI=1S/C18H25N5OS/c1-12-8-9-15(10-13(12)2)20-16(24)11-25-18-22-21-17(23(18)19)14-6-4-3-5-7-14/h8-10,14H,3-7,11,19H2,1-2H3,(H,20,24). The topological polar surface area (TPSA) is 85.8 Å². The molecule has 0 saturated heterocycles. The average molecular weight is 359 g/mol. The van der Waals surface area contributed by atoms with Crippen molar-refractivity contribution in [3.63, 3.8) is 0 Å². The molecule has 0 radical (unpaired) electrons. The Morgan fingerprint density at radius 3 is 2.72 bits per heavy atom. The van der Waals surface area contributed by atoms with E-state index in [0.29, 0.717) is 11.1 Å². The number of rotatable bonds is 5. The van der Waals surface area contributed by atoms with E-state index in [2.05, 4.69) is 22.4 Å². The van der Waals surface area contributed by atoms with Crippen LogP contribution in [0.2, 0.25) is 0 Å². The van der Waals surface area contributed by atoms with Crippen molar-refractivity contribution in [2.45, 2.75) is 57.0 Å². The molecular formula is C18H25N5OS. The summed E-state index contributed by atoms with van der Waals surface area (Å²) < 4.78 is 1.56. The lowest BCUT2D eigenvalue weighted by molar-refractivity contribution is -0.113. The zero-order valence-electron chi connectivity index (χ0n) is 14.8. The minimum atomic E-state index is -0.0736. The van der Waals surface area contributed by atoms with Crippen molar-refractivity contribution in [1.29, 1.82) is 0 Å². The predicted octanol–water partition coefficient (Wildman–Crippen LogP) is 3.39. The minimum absolute atomic E-state index is 0.0736. The summed E-state index contributed by atoms with van der Waals surface area (Å²) >= 11 is 1.32. The maximum atomic E-state index is 12.2. The van der Waals surface area contributed by atoms with Gasteiger partial charge in [-0.05, 0) is 49.9 Å². The molecule has 1 aromatic heterocycles. The minimum Gasteiger partial charge on any atom is -0.336 e. The highest BCUT2D eigenvalue weighted by Gasteiger charge is 2.22. The van der Waals surface area contributed by atoms with Crippen molar-refractivity contribution < 1.29 is 4.79 Å².